The van der Waals surface area contributed by atoms with Gasteiger partial charge in [-0.1, -0.05) is 13.3 Å². The standard InChI is InChI=1S/C13H22N2S/c1-3-11-4-5-12(8-11)14-7-6-13-9-16-10(2)15-13/h9,11-12,14H,3-8H2,1-2H3. The van der Waals surface area contributed by atoms with E-state index in [-0.39, 0.29) is 0 Å². The number of hydrogen-bond acceptors (Lipinski definition) is 3. The van der Waals surface area contributed by atoms with Crippen molar-refractivity contribution in [3.05, 3.63) is 16.1 Å². The lowest BCUT2D eigenvalue weighted by Crippen LogP contribution is -2.28. The van der Waals surface area contributed by atoms with Crippen LogP contribution in [-0.4, -0.2) is 17.6 Å². The molecule has 1 aliphatic rings. The Morgan fingerprint density at radius 3 is 3.00 bits per heavy atom. The van der Waals surface area contributed by atoms with Crippen molar-refractivity contribution < 1.29 is 0 Å². The van der Waals surface area contributed by atoms with E-state index in [9.17, 15) is 0 Å². The van der Waals surface area contributed by atoms with Gasteiger partial charge in [0.15, 0.2) is 0 Å². The van der Waals surface area contributed by atoms with Crippen molar-refractivity contribution >= 4 is 11.3 Å². The summed E-state index contributed by atoms with van der Waals surface area (Å²) in [7, 11) is 0. The number of nitrogens with zero attached hydrogens (tertiary/aromatic N) is 1. The summed E-state index contributed by atoms with van der Waals surface area (Å²) in [5.41, 5.74) is 1.25. The van der Waals surface area contributed by atoms with Crippen LogP contribution in [0.3, 0.4) is 0 Å². The lowest BCUT2D eigenvalue weighted by molar-refractivity contribution is 0.478. The van der Waals surface area contributed by atoms with Crippen molar-refractivity contribution in [1.29, 1.82) is 0 Å². The van der Waals surface area contributed by atoms with E-state index in [2.05, 4.69) is 29.5 Å². The molecule has 0 amide bonds. The zero-order valence-corrected chi connectivity index (χ0v) is 11.1. The van der Waals surface area contributed by atoms with E-state index in [0.29, 0.717) is 0 Å². The second-order valence-corrected chi connectivity index (χ2v) is 5.91. The summed E-state index contributed by atoms with van der Waals surface area (Å²) in [6.07, 6.45) is 6.60. The number of aromatic nitrogens is 1. The first-order valence-corrected chi connectivity index (χ1v) is 7.30. The molecule has 0 radical (unpaired) electrons. The molecule has 3 heteroatoms. The van der Waals surface area contributed by atoms with Gasteiger partial charge in [-0.25, -0.2) is 4.98 Å². The highest BCUT2D eigenvalue weighted by Crippen LogP contribution is 2.27. The van der Waals surface area contributed by atoms with Gasteiger partial charge in [0.2, 0.25) is 0 Å². The minimum absolute atomic E-state index is 0.768. The van der Waals surface area contributed by atoms with Gasteiger partial charge in [0.25, 0.3) is 0 Å². The summed E-state index contributed by atoms with van der Waals surface area (Å²) >= 11 is 1.75. The van der Waals surface area contributed by atoms with Crippen LogP contribution < -0.4 is 5.32 Å². The van der Waals surface area contributed by atoms with E-state index in [1.165, 1.54) is 36.4 Å². The minimum Gasteiger partial charge on any atom is -0.314 e. The SMILES string of the molecule is CCC1CCC(NCCc2csc(C)n2)C1. The molecular formula is C13H22N2S. The van der Waals surface area contributed by atoms with Crippen molar-refractivity contribution in [2.45, 2.75) is 52.0 Å². The molecule has 0 bridgehead atoms. The Bertz CT molecular complexity index is 321. The average Bonchev–Trinajstić information content (AvgIpc) is 2.88. The van der Waals surface area contributed by atoms with Gasteiger partial charge in [-0.05, 0) is 32.1 Å². The highest BCUT2D eigenvalue weighted by molar-refractivity contribution is 7.09. The van der Waals surface area contributed by atoms with Crippen molar-refractivity contribution in [2.75, 3.05) is 6.54 Å². The van der Waals surface area contributed by atoms with Gasteiger partial charge in [0.05, 0.1) is 10.7 Å². The lowest BCUT2D eigenvalue weighted by Gasteiger charge is -2.11. The second-order valence-electron chi connectivity index (χ2n) is 4.85. The van der Waals surface area contributed by atoms with E-state index in [1.54, 1.807) is 11.3 Å². The third-order valence-corrected chi connectivity index (χ3v) is 4.42. The van der Waals surface area contributed by atoms with Gasteiger partial charge in [-0.2, -0.15) is 0 Å². The molecule has 2 atom stereocenters. The summed E-state index contributed by atoms with van der Waals surface area (Å²) in [6, 6.07) is 0.768. The van der Waals surface area contributed by atoms with Crippen LogP contribution in [0.1, 0.15) is 43.3 Å². The van der Waals surface area contributed by atoms with Crippen molar-refractivity contribution in [1.82, 2.24) is 10.3 Å². The van der Waals surface area contributed by atoms with Gasteiger partial charge < -0.3 is 5.32 Å². The topological polar surface area (TPSA) is 24.9 Å². The third kappa shape index (κ3) is 3.29. The molecule has 16 heavy (non-hydrogen) atoms. The maximum Gasteiger partial charge on any atom is 0.0897 e. The first-order valence-electron chi connectivity index (χ1n) is 6.42. The van der Waals surface area contributed by atoms with Crippen LogP contribution in [0.4, 0.5) is 0 Å². The number of nitrogens with one attached hydrogen (secondary N) is 1. The summed E-state index contributed by atoms with van der Waals surface area (Å²) in [5, 5.41) is 7.03. The molecule has 1 aromatic heterocycles. The van der Waals surface area contributed by atoms with E-state index >= 15 is 0 Å². The molecule has 2 rings (SSSR count). The molecule has 1 N–H and O–H groups in total. The largest absolute Gasteiger partial charge is 0.314 e. The fraction of sp³-hybridized carbons (Fsp3) is 0.769. The molecule has 0 aromatic carbocycles. The van der Waals surface area contributed by atoms with Crippen LogP contribution in [0.15, 0.2) is 5.38 Å². The monoisotopic (exact) mass is 238 g/mol. The number of aryl methyl sites for hydroxylation is 1. The van der Waals surface area contributed by atoms with Crippen LogP contribution in [0.25, 0.3) is 0 Å². The third-order valence-electron chi connectivity index (χ3n) is 3.60. The maximum atomic E-state index is 4.48. The highest BCUT2D eigenvalue weighted by Gasteiger charge is 2.22. The van der Waals surface area contributed by atoms with Gasteiger partial charge in [-0.15, -0.1) is 11.3 Å². The van der Waals surface area contributed by atoms with Crippen LogP contribution >= 0.6 is 11.3 Å². The van der Waals surface area contributed by atoms with Crippen LogP contribution in [0.5, 0.6) is 0 Å². The predicted molar refractivity (Wildman–Crippen MR) is 70.0 cm³/mol. The second kappa shape index (κ2) is 5.78. The predicted octanol–water partition coefficient (Wildman–Crippen LogP) is 3.16. The Morgan fingerprint density at radius 2 is 2.38 bits per heavy atom. The fourth-order valence-corrected chi connectivity index (χ4v) is 3.21. The van der Waals surface area contributed by atoms with Crippen LogP contribution in [0, 0.1) is 12.8 Å². The molecule has 1 heterocycles. The molecule has 0 spiro atoms. The van der Waals surface area contributed by atoms with Crippen molar-refractivity contribution in [3.63, 3.8) is 0 Å². The molecular weight excluding hydrogens is 216 g/mol. The van der Waals surface area contributed by atoms with Gasteiger partial charge in [0.1, 0.15) is 0 Å². The molecule has 0 aliphatic heterocycles. The zero-order chi connectivity index (χ0) is 11.4. The summed E-state index contributed by atoms with van der Waals surface area (Å²) in [5.74, 6) is 0.971. The summed E-state index contributed by atoms with van der Waals surface area (Å²) < 4.78 is 0. The zero-order valence-electron chi connectivity index (χ0n) is 10.3. The molecule has 1 aliphatic carbocycles. The van der Waals surface area contributed by atoms with E-state index < -0.39 is 0 Å². The Morgan fingerprint density at radius 1 is 1.50 bits per heavy atom. The van der Waals surface area contributed by atoms with Crippen molar-refractivity contribution in [3.8, 4) is 0 Å². The van der Waals surface area contributed by atoms with Gasteiger partial charge in [0, 0.05) is 24.4 Å². The Labute approximate surface area is 102 Å². The van der Waals surface area contributed by atoms with Crippen LogP contribution in [0.2, 0.25) is 0 Å². The molecule has 90 valence electrons. The number of rotatable bonds is 5. The Kier molecular flexibility index (Phi) is 4.36. The summed E-state index contributed by atoms with van der Waals surface area (Å²) in [6.45, 7) is 5.47. The molecule has 0 saturated heterocycles. The minimum atomic E-state index is 0.768. The first-order chi connectivity index (χ1) is 7.78. The summed E-state index contributed by atoms with van der Waals surface area (Å²) in [4.78, 5) is 4.48. The number of thiazole rings is 1. The van der Waals surface area contributed by atoms with Crippen LogP contribution in [-0.2, 0) is 6.42 Å². The molecule has 2 nitrogen and oxygen atoms in total. The molecule has 2 unspecified atom stereocenters. The Hall–Kier alpha value is -0.410. The normalized spacial score (nSPS) is 25.1. The van der Waals surface area contributed by atoms with Gasteiger partial charge >= 0.3 is 0 Å². The highest BCUT2D eigenvalue weighted by atomic mass is 32.1. The first kappa shape index (κ1) is 12.1. The van der Waals surface area contributed by atoms with E-state index in [1.807, 2.05) is 0 Å². The number of hydrogen-bond donors (Lipinski definition) is 1. The molecule has 1 aromatic rings. The molecule has 1 fully saturated rings. The maximum absolute atomic E-state index is 4.48. The van der Waals surface area contributed by atoms with Gasteiger partial charge in [-0.3, -0.25) is 0 Å². The smallest absolute Gasteiger partial charge is 0.0897 e. The average molecular weight is 238 g/mol. The van der Waals surface area contributed by atoms with E-state index in [0.717, 1.165) is 24.9 Å². The molecule has 1 saturated carbocycles. The fourth-order valence-electron chi connectivity index (χ4n) is 2.56. The van der Waals surface area contributed by atoms with Crippen molar-refractivity contribution in [2.24, 2.45) is 5.92 Å². The lowest BCUT2D eigenvalue weighted by atomic mass is 10.1. The Balaban J connectivity index is 1.65. The van der Waals surface area contributed by atoms with E-state index in [4.69, 9.17) is 0 Å². The quantitative estimate of drug-likeness (QED) is 0.852.